The highest BCUT2D eigenvalue weighted by molar-refractivity contribution is 6.08. The van der Waals surface area contributed by atoms with Gasteiger partial charge in [0, 0.05) is 36.6 Å². The van der Waals surface area contributed by atoms with Gasteiger partial charge in [-0.05, 0) is 42.5 Å². The van der Waals surface area contributed by atoms with Crippen molar-refractivity contribution in [2.24, 2.45) is 7.05 Å². The number of hydrogen-bond donors (Lipinski definition) is 1. The maximum absolute atomic E-state index is 12.6. The van der Waals surface area contributed by atoms with Gasteiger partial charge in [0.05, 0.1) is 5.69 Å². The Bertz CT molecular complexity index is 1100. The molecule has 27 heavy (non-hydrogen) atoms. The summed E-state index contributed by atoms with van der Waals surface area (Å²) in [6.45, 7) is 1.93. The van der Waals surface area contributed by atoms with Crippen molar-refractivity contribution >= 4 is 22.5 Å². The van der Waals surface area contributed by atoms with Crippen LogP contribution in [-0.2, 0) is 13.7 Å². The largest absolute Gasteiger partial charge is 0.485 e. The van der Waals surface area contributed by atoms with Crippen LogP contribution in [0.4, 0.5) is 5.69 Å². The number of ether oxygens (including phenoxy) is 1. The number of aromatic nitrogens is 3. The molecule has 7 heteroatoms. The molecular formula is C20H18N4O3. The Hall–Kier alpha value is -3.61. The van der Waals surface area contributed by atoms with Gasteiger partial charge in [0.15, 0.2) is 6.61 Å². The third-order valence-corrected chi connectivity index (χ3v) is 4.23. The second kappa shape index (κ2) is 6.95. The van der Waals surface area contributed by atoms with Crippen LogP contribution in [0.25, 0.3) is 10.9 Å². The van der Waals surface area contributed by atoms with Gasteiger partial charge in [-0.3, -0.25) is 4.79 Å². The fourth-order valence-corrected chi connectivity index (χ4v) is 2.86. The number of nitrogens with zero attached hydrogens (tertiary/aromatic N) is 3. The number of rotatable bonds is 5. The number of amides is 1. The van der Waals surface area contributed by atoms with Crippen molar-refractivity contribution in [3.63, 3.8) is 0 Å². The van der Waals surface area contributed by atoms with Crippen LogP contribution in [0.1, 0.15) is 22.1 Å². The van der Waals surface area contributed by atoms with E-state index in [2.05, 4.69) is 15.5 Å². The zero-order chi connectivity index (χ0) is 18.8. The molecule has 0 bridgehead atoms. The zero-order valence-corrected chi connectivity index (χ0v) is 15.0. The number of anilines is 1. The molecule has 0 atom stereocenters. The third-order valence-electron chi connectivity index (χ3n) is 4.23. The number of aryl methyl sites for hydroxylation is 2. The quantitative estimate of drug-likeness (QED) is 0.585. The van der Waals surface area contributed by atoms with Crippen LogP contribution in [0.3, 0.4) is 0 Å². The number of carbonyl (C=O) groups is 1. The van der Waals surface area contributed by atoms with E-state index in [1.165, 1.54) is 0 Å². The van der Waals surface area contributed by atoms with Gasteiger partial charge in [0.1, 0.15) is 5.75 Å². The second-order valence-corrected chi connectivity index (χ2v) is 6.16. The van der Waals surface area contributed by atoms with Crippen molar-refractivity contribution in [1.82, 2.24) is 14.7 Å². The molecule has 1 amide bonds. The first kappa shape index (κ1) is 16.8. The molecule has 0 radical (unpaired) electrons. The van der Waals surface area contributed by atoms with E-state index >= 15 is 0 Å². The predicted octanol–water partition coefficient (Wildman–Crippen LogP) is 3.70. The van der Waals surface area contributed by atoms with Gasteiger partial charge in [0.25, 0.3) is 5.91 Å². The summed E-state index contributed by atoms with van der Waals surface area (Å²) in [7, 11) is 1.97. The first-order valence-corrected chi connectivity index (χ1v) is 8.47. The van der Waals surface area contributed by atoms with Crippen LogP contribution in [-0.4, -0.2) is 20.6 Å². The molecule has 2 aromatic heterocycles. The Balaban J connectivity index is 1.44. The summed E-state index contributed by atoms with van der Waals surface area (Å²) in [4.78, 5) is 16.6. The monoisotopic (exact) mass is 362 g/mol. The minimum atomic E-state index is -0.174. The molecule has 136 valence electrons. The Labute approximate surface area is 155 Å². The summed E-state index contributed by atoms with van der Waals surface area (Å²) in [5, 5.41) is 7.75. The van der Waals surface area contributed by atoms with Gasteiger partial charge >= 0.3 is 0 Å². The maximum Gasteiger partial charge on any atom is 0.255 e. The Morgan fingerprint density at radius 3 is 2.74 bits per heavy atom. The van der Waals surface area contributed by atoms with E-state index in [1.54, 1.807) is 31.2 Å². The van der Waals surface area contributed by atoms with E-state index in [0.29, 0.717) is 23.0 Å². The van der Waals surface area contributed by atoms with E-state index < -0.39 is 0 Å². The SMILES string of the molecule is Cc1nc(COc2ccc(C(=O)Nc3cccc4c3ccn4C)cc2)no1. The summed E-state index contributed by atoms with van der Waals surface area (Å²) >= 11 is 0. The molecule has 0 fully saturated rings. The summed E-state index contributed by atoms with van der Waals surface area (Å²) in [5.41, 5.74) is 2.39. The Kier molecular flexibility index (Phi) is 4.33. The zero-order valence-electron chi connectivity index (χ0n) is 15.0. The standard InChI is InChI=1S/C20H18N4O3/c1-13-21-19(23-27-13)12-26-15-8-6-14(7-9-15)20(25)22-17-4-3-5-18-16(17)10-11-24(18)2/h3-11H,12H2,1-2H3,(H,22,25). The van der Waals surface area contributed by atoms with Crippen molar-refractivity contribution in [2.75, 3.05) is 5.32 Å². The molecule has 2 heterocycles. The van der Waals surface area contributed by atoms with Crippen LogP contribution in [0.2, 0.25) is 0 Å². The Morgan fingerprint density at radius 1 is 1.19 bits per heavy atom. The molecule has 4 aromatic rings. The first-order valence-electron chi connectivity index (χ1n) is 8.47. The molecule has 2 aromatic carbocycles. The van der Waals surface area contributed by atoms with Gasteiger partial charge in [-0.25, -0.2) is 0 Å². The molecule has 0 saturated heterocycles. The molecule has 0 saturated carbocycles. The number of nitrogens with one attached hydrogen (secondary N) is 1. The van der Waals surface area contributed by atoms with E-state index in [4.69, 9.17) is 9.26 Å². The number of hydrogen-bond acceptors (Lipinski definition) is 5. The van der Waals surface area contributed by atoms with Crippen LogP contribution < -0.4 is 10.1 Å². The number of carbonyl (C=O) groups excluding carboxylic acids is 1. The van der Waals surface area contributed by atoms with Crippen LogP contribution >= 0.6 is 0 Å². The number of fused-ring (bicyclic) bond motifs is 1. The van der Waals surface area contributed by atoms with Gasteiger partial charge in [0.2, 0.25) is 11.7 Å². The van der Waals surface area contributed by atoms with Crippen molar-refractivity contribution in [3.8, 4) is 5.75 Å². The highest BCUT2D eigenvalue weighted by Gasteiger charge is 2.10. The molecule has 4 rings (SSSR count). The average Bonchev–Trinajstić information content (AvgIpc) is 3.27. The fourth-order valence-electron chi connectivity index (χ4n) is 2.86. The molecule has 1 N–H and O–H groups in total. The molecule has 7 nitrogen and oxygen atoms in total. The number of benzene rings is 2. The molecule has 0 aliphatic carbocycles. The van der Waals surface area contributed by atoms with Gasteiger partial charge in [-0.1, -0.05) is 11.2 Å². The van der Waals surface area contributed by atoms with Crippen molar-refractivity contribution < 1.29 is 14.1 Å². The lowest BCUT2D eigenvalue weighted by Gasteiger charge is -2.08. The lowest BCUT2D eigenvalue weighted by atomic mass is 10.1. The van der Waals surface area contributed by atoms with Crippen molar-refractivity contribution in [1.29, 1.82) is 0 Å². The van der Waals surface area contributed by atoms with Crippen molar-refractivity contribution in [3.05, 3.63) is 72.0 Å². The van der Waals surface area contributed by atoms with E-state index in [9.17, 15) is 4.79 Å². The van der Waals surface area contributed by atoms with E-state index in [1.807, 2.05) is 42.1 Å². The summed E-state index contributed by atoms with van der Waals surface area (Å²) in [6, 6.07) is 14.7. The maximum atomic E-state index is 12.6. The van der Waals surface area contributed by atoms with Gasteiger partial charge in [-0.2, -0.15) is 4.98 Å². The van der Waals surface area contributed by atoms with Crippen molar-refractivity contribution in [2.45, 2.75) is 13.5 Å². The second-order valence-electron chi connectivity index (χ2n) is 6.16. The lowest BCUT2D eigenvalue weighted by Crippen LogP contribution is -2.12. The van der Waals surface area contributed by atoms with Crippen LogP contribution in [0.5, 0.6) is 5.75 Å². The topological polar surface area (TPSA) is 82.2 Å². The normalized spacial score (nSPS) is 10.9. The lowest BCUT2D eigenvalue weighted by molar-refractivity contribution is 0.102. The van der Waals surface area contributed by atoms with Crippen LogP contribution in [0.15, 0.2) is 59.3 Å². The molecule has 0 aliphatic heterocycles. The van der Waals surface area contributed by atoms with E-state index in [-0.39, 0.29) is 12.5 Å². The first-order chi connectivity index (χ1) is 13.1. The molecular weight excluding hydrogens is 344 g/mol. The molecule has 0 aliphatic rings. The predicted molar refractivity (Wildman–Crippen MR) is 101 cm³/mol. The highest BCUT2D eigenvalue weighted by atomic mass is 16.5. The van der Waals surface area contributed by atoms with Gasteiger partial charge in [-0.15, -0.1) is 0 Å². The highest BCUT2D eigenvalue weighted by Crippen LogP contribution is 2.24. The fraction of sp³-hybridized carbons (Fsp3) is 0.150. The Morgan fingerprint density at radius 2 is 2.00 bits per heavy atom. The summed E-state index contributed by atoms with van der Waals surface area (Å²) in [6.07, 6.45) is 1.97. The van der Waals surface area contributed by atoms with Crippen LogP contribution in [0, 0.1) is 6.92 Å². The molecule has 0 unspecified atom stereocenters. The minimum Gasteiger partial charge on any atom is -0.485 e. The van der Waals surface area contributed by atoms with E-state index in [0.717, 1.165) is 16.6 Å². The smallest absolute Gasteiger partial charge is 0.255 e. The molecule has 0 spiro atoms. The summed E-state index contributed by atoms with van der Waals surface area (Å²) < 4.78 is 12.5. The third kappa shape index (κ3) is 3.52. The minimum absolute atomic E-state index is 0.174. The average molecular weight is 362 g/mol. The van der Waals surface area contributed by atoms with Gasteiger partial charge < -0.3 is 19.1 Å². The summed E-state index contributed by atoms with van der Waals surface area (Å²) in [5.74, 6) is 1.42.